The number of carbonyl (C=O) groups excluding carboxylic acids is 2. The fourth-order valence-electron chi connectivity index (χ4n) is 3.47. The molecule has 2 heterocycles. The van der Waals surface area contributed by atoms with E-state index in [4.69, 9.17) is 23.4 Å². The smallest absolute Gasteiger partial charge is 0.326 e. The Labute approximate surface area is 192 Å². The molecule has 0 fully saturated rings. The highest BCUT2D eigenvalue weighted by molar-refractivity contribution is 7.16. The number of thiazole rings is 1. The van der Waals surface area contributed by atoms with Gasteiger partial charge in [0, 0.05) is 5.39 Å². The van der Waals surface area contributed by atoms with Crippen LogP contribution in [-0.2, 0) is 16.1 Å². The van der Waals surface area contributed by atoms with Gasteiger partial charge in [-0.3, -0.25) is 9.59 Å². The number of carbonyl (C=O) groups is 2. The monoisotopic (exact) mass is 470 g/mol. The van der Waals surface area contributed by atoms with Crippen LogP contribution in [0.15, 0.2) is 45.8 Å². The number of ether oxygens (including phenoxy) is 4. The van der Waals surface area contributed by atoms with Crippen molar-refractivity contribution >= 4 is 44.4 Å². The first-order valence-corrected chi connectivity index (χ1v) is 10.9. The van der Waals surface area contributed by atoms with Crippen molar-refractivity contribution < 1.29 is 33.0 Å². The Hall–Kier alpha value is -3.79. The molecule has 0 aliphatic rings. The maximum absolute atomic E-state index is 13.0. The van der Waals surface area contributed by atoms with Crippen molar-refractivity contribution in [3.8, 4) is 17.2 Å². The Kier molecular flexibility index (Phi) is 6.36. The van der Waals surface area contributed by atoms with Crippen molar-refractivity contribution in [3.05, 3.63) is 47.0 Å². The molecule has 2 aromatic heterocycles. The van der Waals surface area contributed by atoms with Gasteiger partial charge in [-0.2, -0.15) is 4.99 Å². The zero-order valence-electron chi connectivity index (χ0n) is 18.5. The summed E-state index contributed by atoms with van der Waals surface area (Å²) in [5, 5.41) is 0.715. The standard InChI is InChI=1S/C23H22N2O7S/c1-5-31-18(26)12-25-19-14(28-2)9-10-16(30-4)21(19)33-23(25)24-22(27)17-11-13-7-6-8-15(29-3)20(13)32-17/h6-11H,5,12H2,1-4H3. The number of para-hydroxylation sites is 1. The molecular weight excluding hydrogens is 448 g/mol. The molecule has 0 N–H and O–H groups in total. The molecule has 0 saturated carbocycles. The number of amides is 1. The van der Waals surface area contributed by atoms with Gasteiger partial charge in [0.15, 0.2) is 21.9 Å². The first-order chi connectivity index (χ1) is 16.0. The molecule has 0 spiro atoms. The van der Waals surface area contributed by atoms with Crippen molar-refractivity contribution in [1.29, 1.82) is 0 Å². The summed E-state index contributed by atoms with van der Waals surface area (Å²) in [4.78, 5) is 29.9. The molecule has 4 rings (SSSR count). The molecule has 0 radical (unpaired) electrons. The van der Waals surface area contributed by atoms with Gasteiger partial charge in [0.25, 0.3) is 0 Å². The highest BCUT2D eigenvalue weighted by Gasteiger charge is 2.20. The summed E-state index contributed by atoms with van der Waals surface area (Å²) in [5.41, 5.74) is 1.03. The predicted molar refractivity (Wildman–Crippen MR) is 122 cm³/mol. The van der Waals surface area contributed by atoms with E-state index >= 15 is 0 Å². The van der Waals surface area contributed by atoms with Gasteiger partial charge in [0.05, 0.1) is 27.9 Å². The molecule has 0 aliphatic heterocycles. The molecule has 33 heavy (non-hydrogen) atoms. The molecule has 1 amide bonds. The number of hydrogen-bond acceptors (Lipinski definition) is 8. The highest BCUT2D eigenvalue weighted by Crippen LogP contribution is 2.35. The number of fused-ring (bicyclic) bond motifs is 2. The average molecular weight is 471 g/mol. The molecule has 4 aromatic rings. The molecule has 0 aliphatic carbocycles. The van der Waals surface area contributed by atoms with Crippen LogP contribution in [0.1, 0.15) is 17.5 Å². The van der Waals surface area contributed by atoms with Crippen LogP contribution in [0.2, 0.25) is 0 Å². The maximum atomic E-state index is 13.0. The van der Waals surface area contributed by atoms with Crippen LogP contribution in [0, 0.1) is 0 Å². The van der Waals surface area contributed by atoms with Crippen LogP contribution < -0.4 is 19.0 Å². The predicted octanol–water partition coefficient (Wildman–Crippen LogP) is 3.78. The van der Waals surface area contributed by atoms with Gasteiger partial charge in [-0.15, -0.1) is 0 Å². The summed E-state index contributed by atoms with van der Waals surface area (Å²) >= 11 is 1.20. The van der Waals surface area contributed by atoms with Crippen molar-refractivity contribution in [2.24, 2.45) is 4.99 Å². The largest absolute Gasteiger partial charge is 0.495 e. The van der Waals surface area contributed by atoms with Crippen LogP contribution in [0.3, 0.4) is 0 Å². The van der Waals surface area contributed by atoms with E-state index in [2.05, 4.69) is 4.99 Å². The minimum absolute atomic E-state index is 0.0496. The van der Waals surface area contributed by atoms with Crippen LogP contribution in [0.4, 0.5) is 0 Å². The third-order valence-electron chi connectivity index (χ3n) is 4.92. The van der Waals surface area contributed by atoms with Crippen molar-refractivity contribution in [1.82, 2.24) is 4.57 Å². The minimum Gasteiger partial charge on any atom is -0.495 e. The molecule has 0 bridgehead atoms. The van der Waals surface area contributed by atoms with Gasteiger partial charge < -0.3 is 27.9 Å². The maximum Gasteiger partial charge on any atom is 0.326 e. The SMILES string of the molecule is CCOC(=O)Cn1c(=NC(=O)c2cc3cccc(OC)c3o2)sc2c(OC)ccc(OC)c21. The lowest BCUT2D eigenvalue weighted by atomic mass is 10.2. The van der Waals surface area contributed by atoms with Gasteiger partial charge >= 0.3 is 11.9 Å². The topological polar surface area (TPSA) is 101 Å². The Bertz CT molecular complexity index is 1410. The Balaban J connectivity index is 1.90. The second-order valence-electron chi connectivity index (χ2n) is 6.83. The summed E-state index contributed by atoms with van der Waals surface area (Å²) in [7, 11) is 4.59. The molecule has 0 unspecified atom stereocenters. The van der Waals surface area contributed by atoms with E-state index < -0.39 is 11.9 Å². The van der Waals surface area contributed by atoms with Gasteiger partial charge in [-0.25, -0.2) is 0 Å². The molecule has 10 heteroatoms. The molecule has 9 nitrogen and oxygen atoms in total. The van der Waals surface area contributed by atoms with Gasteiger partial charge in [-0.1, -0.05) is 23.5 Å². The Morgan fingerprint density at radius 1 is 1.03 bits per heavy atom. The van der Waals surface area contributed by atoms with E-state index in [9.17, 15) is 9.59 Å². The lowest BCUT2D eigenvalue weighted by Crippen LogP contribution is -2.23. The number of nitrogens with zero attached hydrogens (tertiary/aromatic N) is 2. The number of aromatic nitrogens is 1. The first kappa shape index (κ1) is 22.4. The second-order valence-corrected chi connectivity index (χ2v) is 7.81. The normalized spacial score (nSPS) is 11.7. The van der Waals surface area contributed by atoms with Crippen molar-refractivity contribution in [2.45, 2.75) is 13.5 Å². The van der Waals surface area contributed by atoms with Crippen LogP contribution in [0.5, 0.6) is 17.2 Å². The summed E-state index contributed by atoms with van der Waals surface area (Å²) in [5.74, 6) is 0.568. The molecule has 172 valence electrons. The number of methoxy groups -OCH3 is 3. The number of esters is 1. The van der Waals surface area contributed by atoms with E-state index in [0.29, 0.717) is 38.4 Å². The van der Waals surface area contributed by atoms with Crippen LogP contribution in [0.25, 0.3) is 21.2 Å². The van der Waals surface area contributed by atoms with E-state index in [0.717, 1.165) is 0 Å². The molecular formula is C23H22N2O7S. The van der Waals surface area contributed by atoms with E-state index in [-0.39, 0.29) is 23.7 Å². The minimum atomic E-state index is -0.602. The number of benzene rings is 2. The summed E-state index contributed by atoms with van der Waals surface area (Å²) < 4.78 is 29.4. The van der Waals surface area contributed by atoms with E-state index in [1.807, 2.05) is 6.07 Å². The van der Waals surface area contributed by atoms with Gasteiger partial charge in [0.1, 0.15) is 28.3 Å². The lowest BCUT2D eigenvalue weighted by Gasteiger charge is -2.09. The van der Waals surface area contributed by atoms with Gasteiger partial charge in [0.2, 0.25) is 0 Å². The number of furan rings is 1. The van der Waals surface area contributed by atoms with Gasteiger partial charge in [-0.05, 0) is 31.2 Å². The summed E-state index contributed by atoms with van der Waals surface area (Å²) in [6, 6.07) is 10.5. The third kappa shape index (κ3) is 4.17. The molecule has 2 aromatic carbocycles. The van der Waals surface area contributed by atoms with Crippen molar-refractivity contribution in [3.63, 3.8) is 0 Å². The highest BCUT2D eigenvalue weighted by atomic mass is 32.1. The van der Waals surface area contributed by atoms with Crippen LogP contribution in [-0.4, -0.2) is 44.4 Å². The zero-order chi connectivity index (χ0) is 23.5. The molecule has 0 saturated heterocycles. The fourth-order valence-corrected chi connectivity index (χ4v) is 4.60. The summed E-state index contributed by atoms with van der Waals surface area (Å²) in [6.07, 6.45) is 0. The third-order valence-corrected chi connectivity index (χ3v) is 6.01. The Morgan fingerprint density at radius 2 is 1.76 bits per heavy atom. The van der Waals surface area contributed by atoms with Crippen molar-refractivity contribution in [2.75, 3.05) is 27.9 Å². The fraction of sp³-hybridized carbons (Fsp3) is 0.261. The Morgan fingerprint density at radius 3 is 2.45 bits per heavy atom. The zero-order valence-corrected chi connectivity index (χ0v) is 19.4. The quantitative estimate of drug-likeness (QED) is 0.379. The number of rotatable bonds is 7. The lowest BCUT2D eigenvalue weighted by molar-refractivity contribution is -0.143. The molecule has 0 atom stereocenters. The summed E-state index contributed by atoms with van der Waals surface area (Å²) in [6.45, 7) is 1.80. The van der Waals surface area contributed by atoms with Crippen LogP contribution >= 0.6 is 11.3 Å². The van der Waals surface area contributed by atoms with E-state index in [1.54, 1.807) is 48.9 Å². The second kappa shape index (κ2) is 9.37. The van der Waals surface area contributed by atoms with E-state index in [1.165, 1.54) is 25.6 Å². The number of hydrogen-bond donors (Lipinski definition) is 0. The first-order valence-electron chi connectivity index (χ1n) is 10.1. The average Bonchev–Trinajstić information content (AvgIpc) is 3.41.